The van der Waals surface area contributed by atoms with Gasteiger partial charge in [0.25, 0.3) is 0 Å². The zero-order valence-corrected chi connectivity index (χ0v) is 18.6. The number of piperidine rings is 1. The topological polar surface area (TPSA) is 67.9 Å². The number of hydrogen-bond donors (Lipinski definition) is 1. The van der Waals surface area contributed by atoms with Gasteiger partial charge in [0.2, 0.25) is 5.91 Å². The summed E-state index contributed by atoms with van der Waals surface area (Å²) < 4.78 is 10.6. The van der Waals surface area contributed by atoms with E-state index in [1.165, 1.54) is 0 Å². The quantitative estimate of drug-likeness (QED) is 0.626. The molecule has 0 aromatic heterocycles. The van der Waals surface area contributed by atoms with Crippen molar-refractivity contribution in [3.63, 3.8) is 0 Å². The lowest BCUT2D eigenvalue weighted by atomic mass is 9.88. The third-order valence-electron chi connectivity index (χ3n) is 5.85. The summed E-state index contributed by atoms with van der Waals surface area (Å²) in [4.78, 5) is 27.1. The second kappa shape index (κ2) is 11.0. The number of carbonyl (C=O) groups is 2. The fraction of sp³-hybridized carbons (Fsp3) is 0.440. The van der Waals surface area contributed by atoms with Crippen molar-refractivity contribution in [3.8, 4) is 11.5 Å². The van der Waals surface area contributed by atoms with Gasteiger partial charge in [0.15, 0.2) is 17.3 Å². The van der Waals surface area contributed by atoms with E-state index >= 15 is 0 Å². The van der Waals surface area contributed by atoms with E-state index in [2.05, 4.69) is 10.2 Å². The Labute approximate surface area is 184 Å². The molecular formula is C25H32N2O4. The summed E-state index contributed by atoms with van der Waals surface area (Å²) in [7, 11) is 3.22. The number of nitrogens with zero attached hydrogens (tertiary/aromatic N) is 1. The highest BCUT2D eigenvalue weighted by Gasteiger charge is 2.26. The van der Waals surface area contributed by atoms with Crippen molar-refractivity contribution in [1.82, 2.24) is 10.2 Å². The Kier molecular flexibility index (Phi) is 8.06. The molecule has 166 valence electrons. The van der Waals surface area contributed by atoms with Crippen LogP contribution in [0.2, 0.25) is 0 Å². The van der Waals surface area contributed by atoms with Gasteiger partial charge in [-0.15, -0.1) is 0 Å². The van der Waals surface area contributed by atoms with E-state index in [-0.39, 0.29) is 17.6 Å². The average molecular weight is 425 g/mol. The van der Waals surface area contributed by atoms with Crippen LogP contribution in [0.5, 0.6) is 11.5 Å². The van der Waals surface area contributed by atoms with Crippen molar-refractivity contribution in [2.24, 2.45) is 5.92 Å². The highest BCUT2D eigenvalue weighted by molar-refractivity contribution is 5.97. The SMILES string of the molecule is COc1ccc(CCNC(=O)CN2CCC(C(=O)c3ccc(C)cc3)CC2)cc1OC. The molecule has 1 saturated heterocycles. The third kappa shape index (κ3) is 6.31. The maximum absolute atomic E-state index is 12.7. The fourth-order valence-corrected chi connectivity index (χ4v) is 3.95. The molecule has 1 fully saturated rings. The first-order valence-corrected chi connectivity index (χ1v) is 10.8. The first kappa shape index (κ1) is 22.8. The summed E-state index contributed by atoms with van der Waals surface area (Å²) in [6.07, 6.45) is 2.32. The van der Waals surface area contributed by atoms with Gasteiger partial charge >= 0.3 is 0 Å². The van der Waals surface area contributed by atoms with Crippen LogP contribution in [0, 0.1) is 12.8 Å². The predicted octanol–water partition coefficient (Wildman–Crippen LogP) is 3.27. The number of rotatable bonds is 9. The molecule has 0 bridgehead atoms. The van der Waals surface area contributed by atoms with E-state index in [1.54, 1.807) is 14.2 Å². The first-order valence-electron chi connectivity index (χ1n) is 10.8. The average Bonchev–Trinajstić information content (AvgIpc) is 2.79. The van der Waals surface area contributed by atoms with E-state index in [1.807, 2.05) is 49.4 Å². The highest BCUT2D eigenvalue weighted by Crippen LogP contribution is 2.27. The molecule has 3 rings (SSSR count). The molecule has 0 spiro atoms. The van der Waals surface area contributed by atoms with Crippen LogP contribution >= 0.6 is 0 Å². The molecule has 31 heavy (non-hydrogen) atoms. The van der Waals surface area contributed by atoms with Gasteiger partial charge in [-0.25, -0.2) is 0 Å². The molecule has 1 aliphatic rings. The Balaban J connectivity index is 1.39. The molecule has 1 N–H and O–H groups in total. The zero-order chi connectivity index (χ0) is 22.2. The number of amides is 1. The molecule has 2 aromatic carbocycles. The normalized spacial score (nSPS) is 14.8. The van der Waals surface area contributed by atoms with E-state index < -0.39 is 0 Å². The van der Waals surface area contributed by atoms with Gasteiger partial charge in [-0.05, 0) is 57.0 Å². The number of likely N-dealkylation sites (tertiary alicyclic amines) is 1. The third-order valence-corrected chi connectivity index (χ3v) is 5.85. The van der Waals surface area contributed by atoms with E-state index in [0.29, 0.717) is 24.6 Å². The summed E-state index contributed by atoms with van der Waals surface area (Å²) in [5.74, 6) is 1.67. The summed E-state index contributed by atoms with van der Waals surface area (Å²) >= 11 is 0. The van der Waals surface area contributed by atoms with Crippen LogP contribution in [0.3, 0.4) is 0 Å². The van der Waals surface area contributed by atoms with Gasteiger partial charge < -0.3 is 14.8 Å². The molecule has 2 aromatic rings. The Morgan fingerprint density at radius 2 is 1.68 bits per heavy atom. The van der Waals surface area contributed by atoms with Gasteiger partial charge in [-0.3, -0.25) is 14.5 Å². The number of ether oxygens (including phenoxy) is 2. The summed E-state index contributed by atoms with van der Waals surface area (Å²) in [5, 5.41) is 2.99. The molecule has 0 aliphatic carbocycles. The molecule has 1 amide bonds. The summed E-state index contributed by atoms with van der Waals surface area (Å²) in [6.45, 7) is 4.50. The Morgan fingerprint density at radius 3 is 2.32 bits per heavy atom. The van der Waals surface area contributed by atoms with Crippen LogP contribution in [0.1, 0.15) is 34.3 Å². The molecule has 6 nitrogen and oxygen atoms in total. The summed E-state index contributed by atoms with van der Waals surface area (Å²) in [6, 6.07) is 13.6. The number of hydrogen-bond acceptors (Lipinski definition) is 5. The van der Waals surface area contributed by atoms with Gasteiger partial charge in [0.05, 0.1) is 20.8 Å². The van der Waals surface area contributed by atoms with Crippen molar-refractivity contribution in [1.29, 1.82) is 0 Å². The zero-order valence-electron chi connectivity index (χ0n) is 18.6. The first-order chi connectivity index (χ1) is 15.0. The number of ketones is 1. The van der Waals surface area contributed by atoms with Crippen molar-refractivity contribution >= 4 is 11.7 Å². The van der Waals surface area contributed by atoms with Crippen LogP contribution in [0.4, 0.5) is 0 Å². The van der Waals surface area contributed by atoms with Gasteiger partial charge in [-0.2, -0.15) is 0 Å². The molecule has 1 aliphatic heterocycles. The van der Waals surface area contributed by atoms with Crippen molar-refractivity contribution in [2.75, 3.05) is 40.4 Å². The van der Waals surface area contributed by atoms with Crippen molar-refractivity contribution < 1.29 is 19.1 Å². The second-order valence-corrected chi connectivity index (χ2v) is 8.07. The van der Waals surface area contributed by atoms with Crippen LogP contribution in [-0.4, -0.2) is 57.0 Å². The molecular weight excluding hydrogens is 392 g/mol. The number of nitrogens with one attached hydrogen (secondary N) is 1. The van der Waals surface area contributed by atoms with E-state index in [0.717, 1.165) is 49.0 Å². The van der Waals surface area contributed by atoms with E-state index in [9.17, 15) is 9.59 Å². The standard InChI is InChI=1S/C25H32N2O4/c1-18-4-7-20(8-5-18)25(29)21-11-14-27(15-12-21)17-24(28)26-13-10-19-6-9-22(30-2)23(16-19)31-3/h4-9,16,21H,10-15,17H2,1-3H3,(H,26,28). The number of carbonyl (C=O) groups excluding carboxylic acids is 2. The molecule has 6 heteroatoms. The number of Topliss-reactive ketones (excluding diaryl/α,β-unsaturated/α-hetero) is 1. The van der Waals surface area contributed by atoms with Gasteiger partial charge in [0, 0.05) is 18.0 Å². The van der Waals surface area contributed by atoms with E-state index in [4.69, 9.17) is 9.47 Å². The number of methoxy groups -OCH3 is 2. The Bertz CT molecular complexity index is 887. The largest absolute Gasteiger partial charge is 0.493 e. The van der Waals surface area contributed by atoms with Gasteiger partial charge in [0.1, 0.15) is 0 Å². The smallest absolute Gasteiger partial charge is 0.234 e. The van der Waals surface area contributed by atoms with Crippen LogP contribution in [-0.2, 0) is 11.2 Å². The van der Waals surface area contributed by atoms with Crippen LogP contribution in [0.15, 0.2) is 42.5 Å². The van der Waals surface area contributed by atoms with Crippen molar-refractivity contribution in [2.45, 2.75) is 26.2 Å². The number of aryl methyl sites for hydroxylation is 1. The summed E-state index contributed by atoms with van der Waals surface area (Å²) in [5.41, 5.74) is 3.02. The maximum atomic E-state index is 12.7. The van der Waals surface area contributed by atoms with Crippen LogP contribution in [0.25, 0.3) is 0 Å². The molecule has 1 heterocycles. The Morgan fingerprint density at radius 1 is 1.00 bits per heavy atom. The van der Waals surface area contributed by atoms with Gasteiger partial charge in [-0.1, -0.05) is 35.9 Å². The maximum Gasteiger partial charge on any atom is 0.234 e. The molecule has 0 saturated carbocycles. The highest BCUT2D eigenvalue weighted by atomic mass is 16.5. The lowest BCUT2D eigenvalue weighted by Crippen LogP contribution is -2.43. The molecule has 0 atom stereocenters. The lowest BCUT2D eigenvalue weighted by Gasteiger charge is -2.30. The lowest BCUT2D eigenvalue weighted by molar-refractivity contribution is -0.122. The second-order valence-electron chi connectivity index (χ2n) is 8.07. The minimum Gasteiger partial charge on any atom is -0.493 e. The molecule has 0 unspecified atom stereocenters. The minimum atomic E-state index is 0.0174. The molecule has 0 radical (unpaired) electrons. The van der Waals surface area contributed by atoms with Crippen molar-refractivity contribution in [3.05, 3.63) is 59.2 Å². The number of benzene rings is 2. The predicted molar refractivity (Wildman–Crippen MR) is 121 cm³/mol. The Hall–Kier alpha value is -2.86. The fourth-order valence-electron chi connectivity index (χ4n) is 3.95. The monoisotopic (exact) mass is 424 g/mol. The van der Waals surface area contributed by atoms with Crippen LogP contribution < -0.4 is 14.8 Å². The minimum absolute atomic E-state index is 0.0174.